The first-order valence-electron chi connectivity index (χ1n) is 8.96. The molecule has 0 spiro atoms. The molecule has 2 aliphatic heterocycles. The number of fused-ring (bicyclic) bond motifs is 1. The van der Waals surface area contributed by atoms with Gasteiger partial charge < -0.3 is 24.4 Å². The topological polar surface area (TPSA) is 80.3 Å². The first kappa shape index (κ1) is 18.6. The van der Waals surface area contributed by atoms with Crippen LogP contribution in [-0.4, -0.2) is 61.9 Å². The van der Waals surface area contributed by atoms with E-state index in [1.165, 1.54) is 18.4 Å². The van der Waals surface area contributed by atoms with Crippen LogP contribution in [0, 0.1) is 0 Å². The molecular formula is C19H21N3O5S. The third-order valence-corrected chi connectivity index (χ3v) is 5.67. The van der Waals surface area contributed by atoms with Gasteiger partial charge in [-0.1, -0.05) is 6.07 Å². The number of piperazine rings is 1. The maximum Gasteiger partial charge on any atom is 0.350 e. The Labute approximate surface area is 166 Å². The summed E-state index contributed by atoms with van der Waals surface area (Å²) < 4.78 is 15.5. The Bertz CT molecular complexity index is 876. The molecule has 0 atom stereocenters. The van der Waals surface area contributed by atoms with Crippen LogP contribution < -0.4 is 14.8 Å². The lowest BCUT2D eigenvalue weighted by molar-refractivity contribution is 0.0607. The fraction of sp³-hybridized carbons (Fsp3) is 0.368. The molecule has 9 heteroatoms. The highest BCUT2D eigenvalue weighted by Crippen LogP contribution is 2.33. The largest absolute Gasteiger partial charge is 0.465 e. The van der Waals surface area contributed by atoms with Gasteiger partial charge >= 0.3 is 12.0 Å². The van der Waals surface area contributed by atoms with Crippen molar-refractivity contribution in [2.75, 3.05) is 45.4 Å². The van der Waals surface area contributed by atoms with Crippen LogP contribution in [0.15, 0.2) is 29.6 Å². The van der Waals surface area contributed by atoms with E-state index in [2.05, 4.69) is 10.2 Å². The van der Waals surface area contributed by atoms with Crippen LogP contribution in [-0.2, 0) is 11.3 Å². The van der Waals surface area contributed by atoms with E-state index in [4.69, 9.17) is 14.2 Å². The lowest BCUT2D eigenvalue weighted by Gasteiger charge is -2.34. The van der Waals surface area contributed by atoms with Crippen LogP contribution in [0.2, 0.25) is 0 Å². The average molecular weight is 403 g/mol. The highest BCUT2D eigenvalue weighted by molar-refractivity contribution is 7.12. The van der Waals surface area contributed by atoms with E-state index in [-0.39, 0.29) is 12.8 Å². The zero-order valence-corrected chi connectivity index (χ0v) is 16.3. The molecule has 2 amide bonds. The number of ether oxygens (including phenoxy) is 3. The third-order valence-electron chi connectivity index (χ3n) is 4.78. The summed E-state index contributed by atoms with van der Waals surface area (Å²) in [5.41, 5.74) is 1.65. The molecule has 2 aromatic rings. The fourth-order valence-electron chi connectivity index (χ4n) is 3.26. The molecule has 1 fully saturated rings. The van der Waals surface area contributed by atoms with Gasteiger partial charge in [-0.2, -0.15) is 0 Å². The van der Waals surface area contributed by atoms with E-state index >= 15 is 0 Å². The van der Waals surface area contributed by atoms with E-state index < -0.39 is 5.97 Å². The van der Waals surface area contributed by atoms with E-state index in [1.54, 1.807) is 16.3 Å². The normalized spacial score (nSPS) is 16.1. The van der Waals surface area contributed by atoms with Crippen molar-refractivity contribution in [2.24, 2.45) is 0 Å². The van der Waals surface area contributed by atoms with Gasteiger partial charge in [0.05, 0.1) is 12.8 Å². The standard InChI is InChI=1S/C19H21N3O5S/c1-25-18(23)17-14(4-9-28-17)20-19(24)22-7-5-21(6-8-22)11-13-2-3-15-16(10-13)27-12-26-15/h2-4,9-10H,5-8,11-12H2,1H3,(H,20,24). The number of methoxy groups -OCH3 is 1. The Morgan fingerprint density at radius 3 is 2.71 bits per heavy atom. The van der Waals surface area contributed by atoms with Gasteiger partial charge in [0.2, 0.25) is 6.79 Å². The summed E-state index contributed by atoms with van der Waals surface area (Å²) in [4.78, 5) is 28.7. The average Bonchev–Trinajstić information content (AvgIpc) is 3.37. The molecule has 28 heavy (non-hydrogen) atoms. The number of hydrogen-bond donors (Lipinski definition) is 1. The Morgan fingerprint density at radius 1 is 1.14 bits per heavy atom. The number of esters is 1. The van der Waals surface area contributed by atoms with E-state index in [9.17, 15) is 9.59 Å². The van der Waals surface area contributed by atoms with Gasteiger partial charge in [-0.3, -0.25) is 4.90 Å². The zero-order valence-electron chi connectivity index (χ0n) is 15.5. The van der Waals surface area contributed by atoms with Crippen LogP contribution in [0.1, 0.15) is 15.2 Å². The second-order valence-electron chi connectivity index (χ2n) is 6.54. The lowest BCUT2D eigenvalue weighted by atomic mass is 10.1. The first-order chi connectivity index (χ1) is 13.6. The molecular weight excluding hydrogens is 382 g/mol. The summed E-state index contributed by atoms with van der Waals surface area (Å²) in [5.74, 6) is 1.12. The van der Waals surface area contributed by atoms with Crippen LogP contribution in [0.4, 0.5) is 10.5 Å². The summed E-state index contributed by atoms with van der Waals surface area (Å²) >= 11 is 1.25. The maximum absolute atomic E-state index is 12.5. The third kappa shape index (κ3) is 3.90. The van der Waals surface area contributed by atoms with Crippen LogP contribution >= 0.6 is 11.3 Å². The summed E-state index contributed by atoms with van der Waals surface area (Å²) in [6.07, 6.45) is 0. The first-order valence-corrected chi connectivity index (χ1v) is 9.84. The number of urea groups is 1. The van der Waals surface area contributed by atoms with Crippen molar-refractivity contribution in [1.29, 1.82) is 0 Å². The number of thiophene rings is 1. The molecule has 3 heterocycles. The molecule has 1 N–H and O–H groups in total. The molecule has 1 aromatic heterocycles. The van der Waals surface area contributed by atoms with Crippen molar-refractivity contribution in [3.63, 3.8) is 0 Å². The quantitative estimate of drug-likeness (QED) is 0.791. The summed E-state index contributed by atoms with van der Waals surface area (Å²) in [7, 11) is 1.33. The van der Waals surface area contributed by atoms with Gasteiger partial charge in [-0.15, -0.1) is 11.3 Å². The van der Waals surface area contributed by atoms with Crippen molar-refractivity contribution in [3.8, 4) is 11.5 Å². The molecule has 0 bridgehead atoms. The highest BCUT2D eigenvalue weighted by atomic mass is 32.1. The van der Waals surface area contributed by atoms with Gasteiger partial charge in [-0.25, -0.2) is 9.59 Å². The van der Waals surface area contributed by atoms with E-state index in [1.807, 2.05) is 18.2 Å². The number of carbonyl (C=O) groups is 2. The predicted molar refractivity (Wildman–Crippen MR) is 104 cm³/mol. The number of carbonyl (C=O) groups excluding carboxylic acids is 2. The minimum Gasteiger partial charge on any atom is -0.465 e. The number of anilines is 1. The van der Waals surface area contributed by atoms with Gasteiger partial charge in [0.25, 0.3) is 0 Å². The van der Waals surface area contributed by atoms with Gasteiger partial charge in [0, 0.05) is 32.7 Å². The zero-order chi connectivity index (χ0) is 19.5. The van der Waals surface area contributed by atoms with Crippen molar-refractivity contribution in [2.45, 2.75) is 6.54 Å². The summed E-state index contributed by atoms with van der Waals surface area (Å²) in [5, 5.41) is 4.57. The minimum absolute atomic E-state index is 0.203. The summed E-state index contributed by atoms with van der Waals surface area (Å²) in [6, 6.07) is 7.49. The molecule has 4 rings (SSSR count). The Kier molecular flexibility index (Phi) is 5.36. The Balaban J connectivity index is 1.30. The fourth-order valence-corrected chi connectivity index (χ4v) is 4.03. The SMILES string of the molecule is COC(=O)c1sccc1NC(=O)N1CCN(Cc2ccc3c(c2)OCO3)CC1. The predicted octanol–water partition coefficient (Wildman–Crippen LogP) is 2.61. The van der Waals surface area contributed by atoms with Crippen molar-refractivity contribution < 1.29 is 23.8 Å². The highest BCUT2D eigenvalue weighted by Gasteiger charge is 2.24. The lowest BCUT2D eigenvalue weighted by Crippen LogP contribution is -2.49. The molecule has 148 valence electrons. The molecule has 0 radical (unpaired) electrons. The number of nitrogens with one attached hydrogen (secondary N) is 1. The molecule has 0 unspecified atom stereocenters. The molecule has 1 saturated heterocycles. The van der Waals surface area contributed by atoms with Gasteiger partial charge in [0.1, 0.15) is 4.88 Å². The number of rotatable bonds is 4. The van der Waals surface area contributed by atoms with E-state index in [0.29, 0.717) is 23.7 Å². The Hall–Kier alpha value is -2.78. The van der Waals surface area contributed by atoms with Crippen LogP contribution in [0.5, 0.6) is 11.5 Å². The van der Waals surface area contributed by atoms with Gasteiger partial charge in [-0.05, 0) is 29.1 Å². The van der Waals surface area contributed by atoms with Crippen molar-refractivity contribution in [1.82, 2.24) is 9.80 Å². The van der Waals surface area contributed by atoms with Crippen LogP contribution in [0.3, 0.4) is 0 Å². The van der Waals surface area contributed by atoms with Crippen LogP contribution in [0.25, 0.3) is 0 Å². The second-order valence-corrected chi connectivity index (χ2v) is 7.45. The molecule has 1 aromatic carbocycles. The molecule has 0 saturated carbocycles. The monoisotopic (exact) mass is 403 g/mol. The van der Waals surface area contributed by atoms with Crippen molar-refractivity contribution >= 4 is 29.0 Å². The number of benzene rings is 1. The minimum atomic E-state index is -0.446. The van der Waals surface area contributed by atoms with Crippen molar-refractivity contribution in [3.05, 3.63) is 40.1 Å². The molecule has 2 aliphatic rings. The number of amides is 2. The molecule has 8 nitrogen and oxygen atoms in total. The Morgan fingerprint density at radius 2 is 1.93 bits per heavy atom. The second kappa shape index (κ2) is 8.07. The number of nitrogens with zero attached hydrogens (tertiary/aromatic N) is 2. The van der Waals surface area contributed by atoms with Gasteiger partial charge in [0.15, 0.2) is 11.5 Å². The maximum atomic E-state index is 12.5. The molecule has 0 aliphatic carbocycles. The number of hydrogen-bond acceptors (Lipinski definition) is 7. The summed E-state index contributed by atoms with van der Waals surface area (Å²) in [6.45, 7) is 3.85. The van der Waals surface area contributed by atoms with E-state index in [0.717, 1.165) is 36.7 Å². The smallest absolute Gasteiger partial charge is 0.350 e.